The van der Waals surface area contributed by atoms with Crippen LogP contribution in [0.5, 0.6) is 0 Å². The first-order valence-corrected chi connectivity index (χ1v) is 8.37. The molecule has 1 aliphatic rings. The fourth-order valence-corrected chi connectivity index (χ4v) is 3.88. The standard InChI is InChI=1S/C16H13Br2ClO/c1-9-4-15(18)13(6-14(9)17)16(19)10-2-3-11-7-20-8-12(11)5-10/h2-6,16H,7-8H2,1H3. The van der Waals surface area contributed by atoms with E-state index in [0.717, 1.165) is 20.1 Å². The number of benzene rings is 2. The molecule has 1 unspecified atom stereocenters. The Morgan fingerprint density at radius 1 is 1.05 bits per heavy atom. The molecule has 0 aromatic heterocycles. The van der Waals surface area contributed by atoms with Gasteiger partial charge < -0.3 is 4.74 Å². The molecule has 20 heavy (non-hydrogen) atoms. The summed E-state index contributed by atoms with van der Waals surface area (Å²) in [7, 11) is 0. The number of ether oxygens (including phenoxy) is 1. The van der Waals surface area contributed by atoms with Gasteiger partial charge in [0, 0.05) is 8.95 Å². The van der Waals surface area contributed by atoms with Gasteiger partial charge in [0.1, 0.15) is 0 Å². The Balaban J connectivity index is 2.00. The lowest BCUT2D eigenvalue weighted by atomic mass is 9.99. The molecule has 2 aromatic rings. The normalized spacial score (nSPS) is 15.2. The second-order valence-corrected chi connectivity index (χ2v) is 7.15. The van der Waals surface area contributed by atoms with Crippen LogP contribution in [0.25, 0.3) is 0 Å². The Labute approximate surface area is 140 Å². The number of hydrogen-bond acceptors (Lipinski definition) is 1. The smallest absolute Gasteiger partial charge is 0.0846 e. The minimum Gasteiger partial charge on any atom is -0.372 e. The average molecular weight is 417 g/mol. The summed E-state index contributed by atoms with van der Waals surface area (Å²) < 4.78 is 7.57. The van der Waals surface area contributed by atoms with Gasteiger partial charge in [-0.15, -0.1) is 11.6 Å². The van der Waals surface area contributed by atoms with Gasteiger partial charge in [-0.25, -0.2) is 0 Å². The topological polar surface area (TPSA) is 9.23 Å². The van der Waals surface area contributed by atoms with E-state index in [-0.39, 0.29) is 5.38 Å². The van der Waals surface area contributed by atoms with E-state index in [1.807, 2.05) is 0 Å². The van der Waals surface area contributed by atoms with Gasteiger partial charge in [-0.3, -0.25) is 0 Å². The lowest BCUT2D eigenvalue weighted by molar-refractivity contribution is 0.134. The number of alkyl halides is 1. The fourth-order valence-electron chi connectivity index (χ4n) is 2.39. The molecule has 0 bridgehead atoms. The molecule has 2 aromatic carbocycles. The summed E-state index contributed by atoms with van der Waals surface area (Å²) in [5.74, 6) is 0. The van der Waals surface area contributed by atoms with Crippen molar-refractivity contribution in [3.63, 3.8) is 0 Å². The number of halogens is 3. The molecule has 1 aliphatic heterocycles. The Morgan fingerprint density at radius 3 is 2.60 bits per heavy atom. The van der Waals surface area contributed by atoms with E-state index in [1.165, 1.54) is 16.7 Å². The average Bonchev–Trinajstić information content (AvgIpc) is 2.89. The predicted octanol–water partition coefficient (Wildman–Crippen LogP) is 5.88. The molecule has 4 heteroatoms. The van der Waals surface area contributed by atoms with Crippen molar-refractivity contribution < 1.29 is 4.74 Å². The van der Waals surface area contributed by atoms with Crippen molar-refractivity contribution in [2.75, 3.05) is 0 Å². The first-order chi connectivity index (χ1) is 9.56. The van der Waals surface area contributed by atoms with E-state index in [0.29, 0.717) is 13.2 Å². The third kappa shape index (κ3) is 2.69. The first-order valence-electron chi connectivity index (χ1n) is 6.35. The minimum atomic E-state index is -0.174. The SMILES string of the molecule is Cc1cc(Br)c(C(Cl)c2ccc3c(c2)COC3)cc1Br. The molecule has 1 atom stereocenters. The summed E-state index contributed by atoms with van der Waals surface area (Å²) in [6.45, 7) is 3.46. The van der Waals surface area contributed by atoms with Crippen LogP contribution in [0.3, 0.4) is 0 Å². The highest BCUT2D eigenvalue weighted by molar-refractivity contribution is 9.11. The van der Waals surface area contributed by atoms with Gasteiger partial charge in [0.15, 0.2) is 0 Å². The van der Waals surface area contributed by atoms with Crippen LogP contribution >= 0.6 is 43.5 Å². The van der Waals surface area contributed by atoms with E-state index in [9.17, 15) is 0 Å². The Hall–Kier alpha value is -0.350. The molecule has 0 fully saturated rings. The Kier molecular flexibility index (Phi) is 4.23. The van der Waals surface area contributed by atoms with Gasteiger partial charge in [-0.05, 0) is 46.9 Å². The largest absolute Gasteiger partial charge is 0.372 e. The summed E-state index contributed by atoms with van der Waals surface area (Å²) in [4.78, 5) is 0. The molecule has 0 saturated carbocycles. The molecule has 0 amide bonds. The first kappa shape index (κ1) is 14.6. The van der Waals surface area contributed by atoms with Gasteiger partial charge in [0.05, 0.1) is 18.6 Å². The van der Waals surface area contributed by atoms with Crippen LogP contribution in [0.15, 0.2) is 39.3 Å². The maximum Gasteiger partial charge on any atom is 0.0846 e. The van der Waals surface area contributed by atoms with Crippen molar-refractivity contribution >= 4 is 43.5 Å². The molecule has 0 aliphatic carbocycles. The number of hydrogen-bond donors (Lipinski definition) is 0. The molecule has 3 rings (SSSR count). The van der Waals surface area contributed by atoms with Gasteiger partial charge >= 0.3 is 0 Å². The molecule has 104 valence electrons. The highest BCUT2D eigenvalue weighted by atomic mass is 79.9. The maximum absolute atomic E-state index is 6.67. The quantitative estimate of drug-likeness (QED) is 0.556. The Bertz CT molecular complexity index is 670. The van der Waals surface area contributed by atoms with E-state index >= 15 is 0 Å². The molecular weight excluding hydrogens is 403 g/mol. The van der Waals surface area contributed by atoms with Gasteiger partial charge in [-0.1, -0.05) is 50.1 Å². The van der Waals surface area contributed by atoms with E-state index < -0.39 is 0 Å². The van der Waals surface area contributed by atoms with Crippen molar-refractivity contribution in [3.05, 3.63) is 67.1 Å². The number of aryl methyl sites for hydroxylation is 1. The Morgan fingerprint density at radius 2 is 1.80 bits per heavy atom. The summed E-state index contributed by atoms with van der Waals surface area (Å²) in [5.41, 5.74) is 5.87. The highest BCUT2D eigenvalue weighted by Crippen LogP contribution is 2.38. The van der Waals surface area contributed by atoms with Crippen LogP contribution < -0.4 is 0 Å². The summed E-state index contributed by atoms with van der Waals surface area (Å²) in [6.07, 6.45) is 0. The van der Waals surface area contributed by atoms with Crippen molar-refractivity contribution in [3.8, 4) is 0 Å². The molecule has 0 radical (unpaired) electrons. The molecule has 0 saturated heterocycles. The molecular formula is C16H13Br2ClO. The summed E-state index contributed by atoms with van der Waals surface area (Å²) in [5, 5.41) is -0.174. The van der Waals surface area contributed by atoms with Crippen molar-refractivity contribution in [2.24, 2.45) is 0 Å². The van der Waals surface area contributed by atoms with Crippen LogP contribution in [0, 0.1) is 6.92 Å². The zero-order valence-electron chi connectivity index (χ0n) is 10.9. The minimum absolute atomic E-state index is 0.174. The zero-order chi connectivity index (χ0) is 14.3. The third-order valence-electron chi connectivity index (χ3n) is 3.59. The molecule has 0 N–H and O–H groups in total. The van der Waals surface area contributed by atoms with Crippen LogP contribution in [0.4, 0.5) is 0 Å². The lowest BCUT2D eigenvalue weighted by Crippen LogP contribution is -1.97. The van der Waals surface area contributed by atoms with Crippen LogP contribution in [-0.2, 0) is 18.0 Å². The molecule has 1 heterocycles. The lowest BCUT2D eigenvalue weighted by Gasteiger charge is -2.15. The van der Waals surface area contributed by atoms with Crippen LogP contribution in [0.2, 0.25) is 0 Å². The third-order valence-corrected chi connectivity index (χ3v) is 5.62. The van der Waals surface area contributed by atoms with Crippen LogP contribution in [-0.4, -0.2) is 0 Å². The number of fused-ring (bicyclic) bond motifs is 1. The van der Waals surface area contributed by atoms with Crippen molar-refractivity contribution in [1.82, 2.24) is 0 Å². The van der Waals surface area contributed by atoms with Gasteiger partial charge in [0.2, 0.25) is 0 Å². The molecule has 1 nitrogen and oxygen atoms in total. The van der Waals surface area contributed by atoms with E-state index in [2.05, 4.69) is 69.1 Å². The van der Waals surface area contributed by atoms with Crippen molar-refractivity contribution in [2.45, 2.75) is 25.5 Å². The summed E-state index contributed by atoms with van der Waals surface area (Å²) in [6, 6.07) is 10.5. The zero-order valence-corrected chi connectivity index (χ0v) is 14.8. The maximum atomic E-state index is 6.67. The van der Waals surface area contributed by atoms with E-state index in [4.69, 9.17) is 16.3 Å². The monoisotopic (exact) mass is 414 g/mol. The van der Waals surface area contributed by atoms with Crippen molar-refractivity contribution in [1.29, 1.82) is 0 Å². The second-order valence-electron chi connectivity index (χ2n) is 5.01. The van der Waals surface area contributed by atoms with Gasteiger partial charge in [0.25, 0.3) is 0 Å². The predicted molar refractivity (Wildman–Crippen MR) is 89.2 cm³/mol. The van der Waals surface area contributed by atoms with E-state index in [1.54, 1.807) is 0 Å². The number of rotatable bonds is 2. The van der Waals surface area contributed by atoms with Gasteiger partial charge in [-0.2, -0.15) is 0 Å². The molecule has 0 spiro atoms. The van der Waals surface area contributed by atoms with Crippen LogP contribution in [0.1, 0.15) is 33.2 Å². The highest BCUT2D eigenvalue weighted by Gasteiger charge is 2.18. The fraction of sp³-hybridized carbons (Fsp3) is 0.250. The second kappa shape index (κ2) is 5.80. The summed E-state index contributed by atoms with van der Waals surface area (Å²) >= 11 is 13.9.